The molecule has 0 aliphatic heterocycles. The van der Waals surface area contributed by atoms with E-state index in [2.05, 4.69) is 0 Å². The maximum atomic E-state index is 8.74. The fraction of sp³-hybridized carbons (Fsp3) is 0. The Hall–Kier alpha value is -0.130. The minimum atomic E-state index is -4.67. The van der Waals surface area contributed by atoms with E-state index in [0.29, 0.717) is 0 Å². The van der Waals surface area contributed by atoms with Gasteiger partial charge >= 0.3 is 19.0 Å². The van der Waals surface area contributed by atoms with Crippen LogP contribution in [-0.2, 0) is 10.4 Å². The molecule has 2 N–H and O–H groups in total. The van der Waals surface area contributed by atoms with E-state index < -0.39 is 10.4 Å². The van der Waals surface area contributed by atoms with Gasteiger partial charge in [-0.25, -0.2) is 0 Å². The van der Waals surface area contributed by atoms with Crippen LogP contribution in [0.1, 0.15) is 8.56 Å². The lowest BCUT2D eigenvalue weighted by atomic mass is 15.8. The largest absolute Gasteiger partial charge is 1.00 e. The van der Waals surface area contributed by atoms with Gasteiger partial charge in [-0.1, -0.05) is 0 Å². The molecule has 0 aromatic rings. The first-order valence-electron chi connectivity index (χ1n) is 0.698. The van der Waals surface area contributed by atoms with E-state index in [9.17, 15) is 0 Å². The lowest BCUT2D eigenvalue weighted by Crippen LogP contribution is -1.89. The molecule has 0 fully saturated rings. The smallest absolute Gasteiger partial charge is 0.264 e. The van der Waals surface area contributed by atoms with Crippen molar-refractivity contribution in [3.8, 4) is 0 Å². The van der Waals surface area contributed by atoms with Crippen LogP contribution in [0.25, 0.3) is 0 Å². The summed E-state index contributed by atoms with van der Waals surface area (Å²) < 4.78 is 31.6. The Morgan fingerprint density at radius 3 is 1.40 bits per heavy atom. The van der Waals surface area contributed by atoms with E-state index in [1.165, 1.54) is 0 Å². The molecule has 0 spiro atoms. The summed E-state index contributed by atoms with van der Waals surface area (Å²) in [7, 11) is -4.67. The van der Waals surface area contributed by atoms with Crippen molar-refractivity contribution in [1.82, 2.24) is 0 Å². The first-order valence-corrected chi connectivity index (χ1v) is 2.10. The van der Waals surface area contributed by atoms with E-state index in [-0.39, 0.29) is 8.56 Å². The summed E-state index contributed by atoms with van der Waals surface area (Å²) >= 11 is 0. The van der Waals surface area contributed by atoms with Gasteiger partial charge in [-0.05, 0) is 0 Å². The molecule has 0 radical (unpaired) electrons. The van der Waals surface area contributed by atoms with Gasteiger partial charge in [0.2, 0.25) is 0 Å². The highest BCUT2D eigenvalue weighted by Gasteiger charge is 1.84. The highest BCUT2D eigenvalue weighted by Crippen LogP contribution is 1.59. The lowest BCUT2D eigenvalue weighted by Gasteiger charge is -1.68. The Morgan fingerprint density at radius 1 is 1.40 bits per heavy atom. The molecule has 0 aromatic carbocycles. The van der Waals surface area contributed by atoms with Crippen molar-refractivity contribution in [1.29, 1.82) is 0 Å². The van der Waals surface area contributed by atoms with Crippen LogP contribution in [0, 0.1) is 0 Å². The average molecular weight is 104 g/mol. The van der Waals surface area contributed by atoms with Gasteiger partial charge < -0.3 is 0 Å². The Kier molecular flexibility index (Phi) is 0.901. The van der Waals surface area contributed by atoms with Gasteiger partial charge in [-0.15, -0.1) is 0 Å². The quantitative estimate of drug-likeness (QED) is 0.425. The lowest BCUT2D eigenvalue weighted by molar-refractivity contribution is 0.381. The molecule has 5 heavy (non-hydrogen) atoms. The molecule has 0 aliphatic carbocycles. The van der Waals surface area contributed by atoms with Crippen LogP contribution in [-0.4, -0.2) is 17.5 Å². The number of rotatable bonds is 0. The third-order valence-corrected chi connectivity index (χ3v) is 0. The third-order valence-electron chi connectivity index (χ3n) is 0. The Labute approximate surface area is 37.9 Å². The highest BCUT2D eigenvalue weighted by atomic mass is 32.3. The molecule has 0 bridgehead atoms. The Bertz CT molecular complexity index is 97.8. The molecule has 0 atom stereocenters. The van der Waals surface area contributed by atoms with Gasteiger partial charge in [0.1, 0.15) is 0 Å². The van der Waals surface area contributed by atoms with Crippen molar-refractivity contribution in [2.45, 2.75) is 0 Å². The van der Waals surface area contributed by atoms with Crippen LogP contribution in [0.3, 0.4) is 0 Å². The van der Waals surface area contributed by atoms with Crippen LogP contribution >= 0.6 is 0 Å². The summed E-state index contributed by atoms with van der Waals surface area (Å²) in [5.74, 6) is 0. The van der Waals surface area contributed by atoms with E-state index >= 15 is 0 Å². The van der Waals surface area contributed by atoms with Crippen molar-refractivity contribution in [2.75, 3.05) is 0 Å². The van der Waals surface area contributed by atoms with E-state index in [0.717, 1.165) is 0 Å². The molecule has 0 saturated heterocycles. The fourth-order valence-corrected chi connectivity index (χ4v) is 0. The maximum Gasteiger partial charge on any atom is 1.00 e. The molecule has 5 heteroatoms. The van der Waals surface area contributed by atoms with Crippen LogP contribution < -0.4 is 0 Å². The molecule has 0 aromatic heterocycles. The van der Waals surface area contributed by atoms with Crippen molar-refractivity contribution < 1.29 is 26.1 Å². The van der Waals surface area contributed by atoms with Crippen molar-refractivity contribution >= 4 is 10.4 Å². The summed E-state index contributed by atoms with van der Waals surface area (Å²) in [6.07, 6.45) is 0. The second-order valence-electron chi connectivity index (χ2n) is 0.448. The van der Waals surface area contributed by atoms with Crippen LogP contribution in [0.4, 0.5) is 0 Å². The summed E-state index contributed by atoms with van der Waals surface area (Å²) in [6.45, 7) is 0. The normalized spacial score (nSPS) is 11.6. The van der Waals surface area contributed by atoms with Crippen LogP contribution in [0.2, 0.25) is 0 Å². The zero-order chi connectivity index (χ0) is 4.50. The van der Waals surface area contributed by atoms with Crippen LogP contribution in [0.15, 0.2) is 0 Å². The monoisotopic (exact) mass is 104 g/mol. The molecule has 4 nitrogen and oxygen atoms in total. The first kappa shape index (κ1) is 4.87. The molecule has 0 rings (SSSR count). The van der Waals surface area contributed by atoms with Crippen molar-refractivity contribution in [3.63, 3.8) is 0 Å². The van der Waals surface area contributed by atoms with E-state index in [1.54, 1.807) is 0 Å². The van der Waals surface area contributed by atoms with Crippen molar-refractivity contribution in [2.24, 2.45) is 0 Å². The topological polar surface area (TPSA) is 74.6 Å². The molecule has 0 saturated carbocycles. The average Bonchev–Trinajstić information content (AvgIpc) is 0.722. The SMILES string of the molecule is O=S(=O)(O)O.[H+].[H+].[H+].[H+].[H+].[H+]. The maximum absolute atomic E-state index is 8.74. The van der Waals surface area contributed by atoms with Gasteiger partial charge in [-0.2, -0.15) is 8.42 Å². The number of hydrogen-bond acceptors (Lipinski definition) is 2. The predicted molar refractivity (Wildman–Crippen MR) is 20.8 cm³/mol. The molecular formula is H8O4S+6. The standard InChI is InChI=1S/H2O4S/c1-5(2,3)4/h(H2,1,2,3,4)/p+6. The molecule has 0 unspecified atom stereocenters. The molecular weight excluding hydrogens is 96.1 g/mol. The first-order chi connectivity index (χ1) is 2.00. The van der Waals surface area contributed by atoms with Gasteiger partial charge in [0.25, 0.3) is 0 Å². The Morgan fingerprint density at radius 2 is 1.40 bits per heavy atom. The summed E-state index contributed by atoms with van der Waals surface area (Å²) in [6, 6.07) is 0. The van der Waals surface area contributed by atoms with Crippen LogP contribution in [0.5, 0.6) is 0 Å². The minimum Gasteiger partial charge on any atom is -0.264 e. The predicted octanol–water partition coefficient (Wildman–Crippen LogP) is 0.0222. The highest BCUT2D eigenvalue weighted by molar-refractivity contribution is 7.79. The third kappa shape index (κ3) is 801. The van der Waals surface area contributed by atoms with E-state index in [4.69, 9.17) is 17.5 Å². The molecule has 0 aliphatic rings. The summed E-state index contributed by atoms with van der Waals surface area (Å²) in [4.78, 5) is 0. The van der Waals surface area contributed by atoms with Gasteiger partial charge in [-0.3, -0.25) is 9.11 Å². The molecule has 0 amide bonds. The minimum absolute atomic E-state index is 0. The zero-order valence-corrected chi connectivity index (χ0v) is 2.94. The van der Waals surface area contributed by atoms with Crippen molar-refractivity contribution in [3.05, 3.63) is 0 Å². The van der Waals surface area contributed by atoms with Gasteiger partial charge in [0, 0.05) is 0 Å². The zero-order valence-electron chi connectivity index (χ0n) is 8.12. The Balaban J connectivity index is -0.00000000533. The second kappa shape index (κ2) is 0.925. The van der Waals surface area contributed by atoms with E-state index in [1.807, 2.05) is 0 Å². The fourth-order valence-electron chi connectivity index (χ4n) is 0. The molecule has 0 heterocycles. The van der Waals surface area contributed by atoms with Gasteiger partial charge in [0.05, 0.1) is 0 Å². The number of hydrogen-bond donors (Lipinski definition) is 2. The second-order valence-corrected chi connectivity index (χ2v) is 1.34. The van der Waals surface area contributed by atoms with Gasteiger partial charge in [0.15, 0.2) is 0 Å². The molecule has 32 valence electrons. The summed E-state index contributed by atoms with van der Waals surface area (Å²) in [5.41, 5.74) is 0. The summed E-state index contributed by atoms with van der Waals surface area (Å²) in [5, 5.41) is 0.